The van der Waals surface area contributed by atoms with Gasteiger partial charge in [0.25, 0.3) is 5.91 Å². The predicted octanol–water partition coefficient (Wildman–Crippen LogP) is 2.80. The summed E-state index contributed by atoms with van der Waals surface area (Å²) in [6.07, 6.45) is 4.71. The summed E-state index contributed by atoms with van der Waals surface area (Å²) in [5.41, 5.74) is 6.10. The first kappa shape index (κ1) is 32.3. The first-order valence-electron chi connectivity index (χ1n) is 12.6. The quantitative estimate of drug-likeness (QED) is 0.120. The molecule has 2 aliphatic heterocycles. The van der Waals surface area contributed by atoms with Crippen LogP contribution >= 0.6 is 58.5 Å². The Labute approximate surface area is 263 Å². The number of nitrogens with zero attached hydrogens (tertiary/aromatic N) is 2. The van der Waals surface area contributed by atoms with Gasteiger partial charge in [-0.2, -0.15) is 0 Å². The minimum absolute atomic E-state index is 0.0327. The molecule has 0 bridgehead atoms. The topological polar surface area (TPSA) is 174 Å². The highest BCUT2D eigenvalue weighted by atomic mass is 35.5. The summed E-state index contributed by atoms with van der Waals surface area (Å²) in [4.78, 5) is 51.2. The zero-order chi connectivity index (χ0) is 30.6. The maximum absolute atomic E-state index is 13.0. The van der Waals surface area contributed by atoms with Gasteiger partial charge >= 0.3 is 11.9 Å². The molecule has 1 fully saturated rings. The van der Waals surface area contributed by atoms with Crippen LogP contribution < -0.4 is 15.6 Å². The minimum Gasteiger partial charge on any atom is -0.505 e. The van der Waals surface area contributed by atoms with Crippen molar-refractivity contribution in [1.29, 1.82) is 0 Å². The molecule has 1 saturated heterocycles. The van der Waals surface area contributed by atoms with Crippen LogP contribution in [0, 0.1) is 0 Å². The number of nitrogens with one attached hydrogen (secondary N) is 1. The number of thioether (sulfide) groups is 3. The minimum atomic E-state index is -1.20. The second-order valence-corrected chi connectivity index (χ2v) is 13.4. The third-order valence-corrected chi connectivity index (χ3v) is 10.4. The van der Waals surface area contributed by atoms with Crippen molar-refractivity contribution in [3.05, 3.63) is 58.0 Å². The van der Waals surface area contributed by atoms with Gasteiger partial charge in [-0.15, -0.1) is 35.3 Å². The van der Waals surface area contributed by atoms with Gasteiger partial charge in [-0.05, 0) is 24.1 Å². The van der Waals surface area contributed by atoms with E-state index in [0.717, 1.165) is 16.7 Å². The summed E-state index contributed by atoms with van der Waals surface area (Å²) in [5, 5.41) is 30.8. The van der Waals surface area contributed by atoms with E-state index < -0.39 is 41.2 Å². The summed E-state index contributed by atoms with van der Waals surface area (Å²) < 4.78 is 1.92. The molecule has 0 radical (unpaired) electrons. The number of carboxylic acids is 2. The van der Waals surface area contributed by atoms with Crippen molar-refractivity contribution in [3.63, 3.8) is 0 Å². The summed E-state index contributed by atoms with van der Waals surface area (Å²) >= 11 is 15.8. The number of aromatic nitrogens is 1. The zero-order valence-corrected chi connectivity index (χ0v) is 25.8. The number of amides is 2. The number of carbonyl (C=O) groups is 4. The highest BCUT2D eigenvalue weighted by molar-refractivity contribution is 8.01. The second kappa shape index (κ2) is 14.2. The van der Waals surface area contributed by atoms with Gasteiger partial charge in [0.05, 0.1) is 15.8 Å². The highest BCUT2D eigenvalue weighted by Gasteiger charge is 2.54. The van der Waals surface area contributed by atoms with Crippen LogP contribution in [0.5, 0.6) is 5.75 Å². The van der Waals surface area contributed by atoms with E-state index in [1.54, 1.807) is 0 Å². The molecule has 224 valence electrons. The number of nitrogens with two attached hydrogens (primary N) is 1. The highest BCUT2D eigenvalue weighted by Crippen LogP contribution is 2.42. The number of phenolic OH excluding ortho intramolecular Hbond substituents is 1. The van der Waals surface area contributed by atoms with Crippen LogP contribution in [0.15, 0.2) is 57.7 Å². The number of rotatable bonds is 13. The molecular weight excluding hydrogens is 647 g/mol. The Kier molecular flexibility index (Phi) is 10.9. The Balaban J connectivity index is 1.31. The lowest BCUT2D eigenvalue weighted by molar-refractivity contribution is -0.697. The van der Waals surface area contributed by atoms with Crippen LogP contribution in [0.3, 0.4) is 0 Å². The molecule has 2 aliphatic rings. The number of fused-ring (bicyclic) bond motifs is 1. The molecule has 3 atom stereocenters. The number of halogens is 2. The fourth-order valence-corrected chi connectivity index (χ4v) is 8.03. The summed E-state index contributed by atoms with van der Waals surface area (Å²) in [6.45, 7) is 0.616. The number of β-lactam (4-membered cyclic amide) rings is 1. The van der Waals surface area contributed by atoms with Gasteiger partial charge in [0.2, 0.25) is 5.91 Å². The first-order valence-corrected chi connectivity index (χ1v) is 16.3. The van der Waals surface area contributed by atoms with Gasteiger partial charge in [-0.1, -0.05) is 23.2 Å². The normalized spacial score (nSPS) is 18.7. The van der Waals surface area contributed by atoms with Crippen molar-refractivity contribution in [2.75, 3.05) is 17.3 Å². The van der Waals surface area contributed by atoms with Crippen molar-refractivity contribution in [3.8, 4) is 5.75 Å². The Bertz CT molecular complexity index is 1400. The number of carboxylic acid groups (broad SMARTS) is 2. The number of carbonyl (C=O) groups excluding carboxylic acids is 2. The number of aryl methyl sites for hydroxylation is 1. The molecule has 1 aromatic heterocycles. The molecule has 0 spiro atoms. The Morgan fingerprint density at radius 3 is 2.43 bits per heavy atom. The van der Waals surface area contributed by atoms with E-state index in [-0.39, 0.29) is 27.2 Å². The number of aromatic hydroxyl groups is 1. The monoisotopic (exact) mass is 673 g/mol. The summed E-state index contributed by atoms with van der Waals surface area (Å²) in [6, 6.07) is 5.01. The second-order valence-electron chi connectivity index (χ2n) is 9.38. The van der Waals surface area contributed by atoms with Crippen LogP contribution in [-0.4, -0.2) is 78.7 Å². The van der Waals surface area contributed by atoms with E-state index in [0.29, 0.717) is 41.4 Å². The van der Waals surface area contributed by atoms with E-state index in [9.17, 15) is 29.4 Å². The smallest absolute Gasteiger partial charge is 0.352 e. The number of aliphatic carboxylic acids is 2. The molecule has 0 unspecified atom stereocenters. The summed E-state index contributed by atoms with van der Waals surface area (Å²) in [7, 11) is 0. The number of benzene rings is 1. The van der Waals surface area contributed by atoms with E-state index >= 15 is 0 Å². The third-order valence-electron chi connectivity index (χ3n) is 6.45. The lowest BCUT2D eigenvalue weighted by Crippen LogP contribution is -2.70. The van der Waals surface area contributed by atoms with E-state index in [1.165, 1.54) is 40.6 Å². The van der Waals surface area contributed by atoms with Gasteiger partial charge in [-0.25, -0.2) is 9.36 Å². The SMILES string of the molecule is N[C@@H](CCC[n+]1ccc(SCC2=C(C(=O)O)N3C(=O)[C@H](NC(=O)CSc4cc(Cl)c(O)c(Cl)c4)[C@H]3SC2)cc1)C(=O)O. The predicted molar refractivity (Wildman–Crippen MR) is 161 cm³/mol. The van der Waals surface area contributed by atoms with Crippen LogP contribution in [0.1, 0.15) is 12.8 Å². The lowest BCUT2D eigenvalue weighted by Gasteiger charge is -2.49. The van der Waals surface area contributed by atoms with Crippen molar-refractivity contribution < 1.29 is 39.1 Å². The largest absolute Gasteiger partial charge is 0.505 e. The van der Waals surface area contributed by atoms with E-state index in [2.05, 4.69) is 5.32 Å². The van der Waals surface area contributed by atoms with Crippen LogP contribution in [0.2, 0.25) is 10.0 Å². The molecule has 2 amide bonds. The van der Waals surface area contributed by atoms with Gasteiger partial charge in [0.1, 0.15) is 29.7 Å². The molecule has 11 nitrogen and oxygen atoms in total. The number of phenols is 1. The molecular formula is C26H27Cl2N4O7S3+. The van der Waals surface area contributed by atoms with Crippen LogP contribution in [0.4, 0.5) is 0 Å². The molecule has 6 N–H and O–H groups in total. The van der Waals surface area contributed by atoms with Crippen LogP contribution in [-0.2, 0) is 25.7 Å². The van der Waals surface area contributed by atoms with Gasteiger partial charge < -0.3 is 26.4 Å². The van der Waals surface area contributed by atoms with E-state index in [1.807, 2.05) is 29.1 Å². The molecule has 1 aromatic carbocycles. The average molecular weight is 675 g/mol. The fraction of sp³-hybridized carbons (Fsp3) is 0.346. The van der Waals surface area contributed by atoms with Crippen molar-refractivity contribution in [2.24, 2.45) is 5.73 Å². The zero-order valence-electron chi connectivity index (χ0n) is 21.9. The van der Waals surface area contributed by atoms with E-state index in [4.69, 9.17) is 34.0 Å². The third kappa shape index (κ3) is 7.66. The maximum Gasteiger partial charge on any atom is 0.352 e. The molecule has 16 heteroatoms. The Morgan fingerprint density at radius 1 is 1.14 bits per heavy atom. The Morgan fingerprint density at radius 2 is 1.81 bits per heavy atom. The summed E-state index contributed by atoms with van der Waals surface area (Å²) in [5.74, 6) is -2.62. The number of pyridine rings is 1. The molecule has 2 aromatic rings. The van der Waals surface area contributed by atoms with Crippen molar-refractivity contribution >= 4 is 82.2 Å². The van der Waals surface area contributed by atoms with Gasteiger partial charge in [-0.3, -0.25) is 19.3 Å². The number of hydrogen-bond donors (Lipinski definition) is 5. The van der Waals surface area contributed by atoms with Crippen LogP contribution in [0.25, 0.3) is 0 Å². The molecule has 3 heterocycles. The van der Waals surface area contributed by atoms with Gasteiger partial charge in [0.15, 0.2) is 18.1 Å². The molecule has 4 rings (SSSR count). The maximum atomic E-state index is 13.0. The average Bonchev–Trinajstić information content (AvgIpc) is 2.96. The first-order chi connectivity index (χ1) is 20.0. The lowest BCUT2D eigenvalue weighted by atomic mass is 10.0. The fourth-order valence-electron chi connectivity index (χ4n) is 4.26. The van der Waals surface area contributed by atoms with Crippen molar-refractivity contribution in [1.82, 2.24) is 10.2 Å². The van der Waals surface area contributed by atoms with Crippen molar-refractivity contribution in [2.45, 2.75) is 46.6 Å². The number of hydrogen-bond acceptors (Lipinski definition) is 9. The Hall–Kier alpha value is -2.62. The standard InChI is InChI=1S/C26H26Cl2N4O7S3/c27-16-8-15(9-17(28)22(16)34)41-12-19(33)30-20-23(35)32-21(26(38)39)13(11-42-24(20)32)10-40-14-3-6-31(7-4-14)5-1-2-18(29)25(36)37/h3-4,6-9,18,20,24H,1-2,5,10-12,29H2,(H3-,30,33,34,36,37,38,39)/p+1/t18-,20-,24+/m0/s1. The molecule has 0 aliphatic carbocycles. The molecule has 42 heavy (non-hydrogen) atoms. The van der Waals surface area contributed by atoms with Gasteiger partial charge in [0, 0.05) is 39.9 Å². The molecule has 0 saturated carbocycles.